The molecule has 0 bridgehead atoms. The summed E-state index contributed by atoms with van der Waals surface area (Å²) in [6.45, 7) is 3.82. The number of hydrogen-bond donors (Lipinski definition) is 0. The lowest BCUT2D eigenvalue weighted by atomic mass is 9.77. The second-order valence-electron chi connectivity index (χ2n) is 5.35. The SMILES string of the molecule is Cc1cc(C)c2c(c1)C(=C(C#N)C#N)c1ccccc1C2=O. The highest BCUT2D eigenvalue weighted by molar-refractivity contribution is 6.20. The van der Waals surface area contributed by atoms with Gasteiger partial charge in [-0.3, -0.25) is 4.79 Å². The average Bonchev–Trinajstić information content (AvgIpc) is 2.50. The number of nitriles is 2. The van der Waals surface area contributed by atoms with Crippen molar-refractivity contribution in [1.29, 1.82) is 10.5 Å². The van der Waals surface area contributed by atoms with E-state index < -0.39 is 0 Å². The van der Waals surface area contributed by atoms with E-state index in [1.165, 1.54) is 0 Å². The van der Waals surface area contributed by atoms with Gasteiger partial charge in [-0.05, 0) is 30.5 Å². The van der Waals surface area contributed by atoms with Crippen LogP contribution in [0.5, 0.6) is 0 Å². The molecule has 0 spiro atoms. The molecular formula is C19H12N2O. The fourth-order valence-corrected chi connectivity index (χ4v) is 3.05. The lowest BCUT2D eigenvalue weighted by Gasteiger charge is -2.23. The van der Waals surface area contributed by atoms with Gasteiger partial charge in [0.15, 0.2) is 5.78 Å². The van der Waals surface area contributed by atoms with E-state index in [1.807, 2.05) is 44.2 Å². The number of ketones is 1. The number of carbonyl (C=O) groups is 1. The van der Waals surface area contributed by atoms with Crippen LogP contribution in [-0.2, 0) is 0 Å². The van der Waals surface area contributed by atoms with E-state index in [-0.39, 0.29) is 11.4 Å². The van der Waals surface area contributed by atoms with Gasteiger partial charge in [0, 0.05) is 16.7 Å². The smallest absolute Gasteiger partial charge is 0.194 e. The standard InChI is InChI=1S/C19H12N2O/c1-11-7-12(2)17-16(8-11)18(13(9-20)10-21)14-5-3-4-6-15(14)19(17)22/h3-8H,1-2H3. The van der Waals surface area contributed by atoms with Crippen LogP contribution in [-0.4, -0.2) is 5.78 Å². The zero-order valence-corrected chi connectivity index (χ0v) is 12.3. The first-order valence-corrected chi connectivity index (χ1v) is 6.88. The minimum absolute atomic E-state index is 0.0335. The van der Waals surface area contributed by atoms with Gasteiger partial charge in [-0.15, -0.1) is 0 Å². The summed E-state index contributed by atoms with van der Waals surface area (Å²) in [6.07, 6.45) is 0. The van der Waals surface area contributed by atoms with Crippen LogP contribution in [0.25, 0.3) is 5.57 Å². The Hall–Kier alpha value is -3.17. The van der Waals surface area contributed by atoms with Gasteiger partial charge in [-0.25, -0.2) is 0 Å². The van der Waals surface area contributed by atoms with Crippen LogP contribution in [0.15, 0.2) is 42.0 Å². The third kappa shape index (κ3) is 1.84. The van der Waals surface area contributed by atoms with Crippen molar-refractivity contribution >= 4 is 11.4 Å². The fraction of sp³-hybridized carbons (Fsp3) is 0.105. The van der Waals surface area contributed by atoms with E-state index in [1.54, 1.807) is 18.2 Å². The summed E-state index contributed by atoms with van der Waals surface area (Å²) in [4.78, 5) is 12.8. The van der Waals surface area contributed by atoms with Crippen molar-refractivity contribution in [2.24, 2.45) is 0 Å². The van der Waals surface area contributed by atoms with E-state index in [2.05, 4.69) is 0 Å². The van der Waals surface area contributed by atoms with Gasteiger partial charge in [0.25, 0.3) is 0 Å². The molecule has 1 aliphatic rings. The van der Waals surface area contributed by atoms with E-state index in [0.717, 1.165) is 11.1 Å². The first-order chi connectivity index (χ1) is 10.6. The van der Waals surface area contributed by atoms with Crippen molar-refractivity contribution in [1.82, 2.24) is 0 Å². The maximum absolute atomic E-state index is 12.8. The van der Waals surface area contributed by atoms with Gasteiger partial charge in [0.05, 0.1) is 0 Å². The normalized spacial score (nSPS) is 12.0. The molecule has 0 fully saturated rings. The topological polar surface area (TPSA) is 64.7 Å². The van der Waals surface area contributed by atoms with Gasteiger partial charge in [0.2, 0.25) is 0 Å². The molecule has 0 aromatic heterocycles. The fourth-order valence-electron chi connectivity index (χ4n) is 3.05. The zero-order chi connectivity index (χ0) is 15.9. The van der Waals surface area contributed by atoms with Gasteiger partial charge >= 0.3 is 0 Å². The summed E-state index contributed by atoms with van der Waals surface area (Å²) < 4.78 is 0. The minimum atomic E-state index is -0.0536. The van der Waals surface area contributed by atoms with Gasteiger partial charge in [0.1, 0.15) is 17.7 Å². The molecule has 0 saturated heterocycles. The molecule has 0 amide bonds. The van der Waals surface area contributed by atoms with Crippen LogP contribution in [0, 0.1) is 36.5 Å². The lowest BCUT2D eigenvalue weighted by molar-refractivity contribution is 0.103. The number of hydrogen-bond acceptors (Lipinski definition) is 3. The molecule has 2 aromatic rings. The van der Waals surface area contributed by atoms with Gasteiger partial charge < -0.3 is 0 Å². The summed E-state index contributed by atoms with van der Waals surface area (Å²) >= 11 is 0. The Bertz CT molecular complexity index is 921. The maximum Gasteiger partial charge on any atom is 0.194 e. The number of fused-ring (bicyclic) bond motifs is 2. The lowest BCUT2D eigenvalue weighted by Crippen LogP contribution is -2.17. The molecule has 22 heavy (non-hydrogen) atoms. The molecule has 3 rings (SSSR count). The third-order valence-corrected chi connectivity index (χ3v) is 3.89. The molecule has 0 N–H and O–H groups in total. The van der Waals surface area contributed by atoms with Gasteiger partial charge in [-0.2, -0.15) is 10.5 Å². The Morgan fingerprint density at radius 3 is 2.23 bits per heavy atom. The molecule has 3 nitrogen and oxygen atoms in total. The maximum atomic E-state index is 12.8. The molecule has 1 aliphatic carbocycles. The van der Waals surface area contributed by atoms with Gasteiger partial charge in [-0.1, -0.05) is 42.0 Å². The first-order valence-electron chi connectivity index (χ1n) is 6.88. The van der Waals surface area contributed by atoms with E-state index in [4.69, 9.17) is 0 Å². The number of allylic oxidation sites excluding steroid dienone is 1. The highest BCUT2D eigenvalue weighted by Crippen LogP contribution is 2.39. The Labute approximate surface area is 128 Å². The van der Waals surface area contributed by atoms with Crippen molar-refractivity contribution in [3.05, 3.63) is 75.4 Å². The summed E-state index contributed by atoms with van der Waals surface area (Å²) in [5.74, 6) is -0.0536. The number of carbonyl (C=O) groups excluding carboxylic acids is 1. The number of nitrogens with zero attached hydrogens (tertiary/aromatic N) is 2. The van der Waals surface area contributed by atoms with Crippen LogP contribution in [0.2, 0.25) is 0 Å². The Morgan fingerprint density at radius 2 is 1.59 bits per heavy atom. The number of aryl methyl sites for hydroxylation is 2. The van der Waals surface area contributed by atoms with Crippen molar-refractivity contribution in [3.8, 4) is 12.1 Å². The van der Waals surface area contributed by atoms with Crippen molar-refractivity contribution in [2.75, 3.05) is 0 Å². The molecule has 0 heterocycles. The summed E-state index contributed by atoms with van der Waals surface area (Å²) in [5.41, 5.74) is 4.91. The first kappa shape index (κ1) is 13.8. The molecule has 2 aromatic carbocycles. The van der Waals surface area contributed by atoms with E-state index >= 15 is 0 Å². The van der Waals surface area contributed by atoms with Crippen LogP contribution >= 0.6 is 0 Å². The van der Waals surface area contributed by atoms with Crippen LogP contribution in [0.4, 0.5) is 0 Å². The molecular weight excluding hydrogens is 272 g/mol. The van der Waals surface area contributed by atoms with Crippen molar-refractivity contribution in [3.63, 3.8) is 0 Å². The monoisotopic (exact) mass is 284 g/mol. The molecule has 0 unspecified atom stereocenters. The molecule has 0 radical (unpaired) electrons. The quantitative estimate of drug-likeness (QED) is 0.591. The van der Waals surface area contributed by atoms with E-state index in [9.17, 15) is 15.3 Å². The zero-order valence-electron chi connectivity index (χ0n) is 12.3. The van der Waals surface area contributed by atoms with Crippen LogP contribution in [0.3, 0.4) is 0 Å². The van der Waals surface area contributed by atoms with Crippen LogP contribution in [0.1, 0.15) is 38.2 Å². The Kier molecular flexibility index (Phi) is 3.13. The number of benzene rings is 2. The predicted molar refractivity (Wildman–Crippen MR) is 83.0 cm³/mol. The molecule has 104 valence electrons. The molecule has 0 saturated carbocycles. The third-order valence-electron chi connectivity index (χ3n) is 3.89. The van der Waals surface area contributed by atoms with Crippen molar-refractivity contribution < 1.29 is 4.79 Å². The average molecular weight is 284 g/mol. The largest absolute Gasteiger partial charge is 0.289 e. The molecule has 3 heteroatoms. The van der Waals surface area contributed by atoms with Crippen LogP contribution < -0.4 is 0 Å². The summed E-state index contributed by atoms with van der Waals surface area (Å²) in [6, 6.07) is 14.9. The Balaban J connectivity index is 2.52. The number of rotatable bonds is 0. The minimum Gasteiger partial charge on any atom is -0.289 e. The highest BCUT2D eigenvalue weighted by atomic mass is 16.1. The van der Waals surface area contributed by atoms with E-state index in [0.29, 0.717) is 27.8 Å². The van der Waals surface area contributed by atoms with Crippen molar-refractivity contribution in [2.45, 2.75) is 13.8 Å². The molecule has 0 aliphatic heterocycles. The second-order valence-corrected chi connectivity index (χ2v) is 5.35. The predicted octanol–water partition coefficient (Wildman–Crippen LogP) is 3.70. The summed E-state index contributed by atoms with van der Waals surface area (Å²) in [5, 5.41) is 18.6. The molecule has 0 atom stereocenters. The Morgan fingerprint density at radius 1 is 0.955 bits per heavy atom. The summed E-state index contributed by atoms with van der Waals surface area (Å²) in [7, 11) is 0. The highest BCUT2D eigenvalue weighted by Gasteiger charge is 2.30. The second kappa shape index (κ2) is 4.98.